The zero-order valence-corrected chi connectivity index (χ0v) is 18.1. The van der Waals surface area contributed by atoms with Crippen molar-refractivity contribution in [1.82, 2.24) is 25.2 Å². The van der Waals surface area contributed by atoms with E-state index in [1.165, 1.54) is 0 Å². The third-order valence-electron chi connectivity index (χ3n) is 5.68. The predicted molar refractivity (Wildman–Crippen MR) is 117 cm³/mol. The second-order valence-electron chi connectivity index (χ2n) is 8.28. The molecular weight excluding hydrogens is 382 g/mol. The molecule has 7 heteroatoms. The van der Waals surface area contributed by atoms with Gasteiger partial charge in [-0.2, -0.15) is 0 Å². The van der Waals surface area contributed by atoms with Gasteiger partial charge >= 0.3 is 0 Å². The Kier molecular flexibility index (Phi) is 5.96. The Morgan fingerprint density at radius 2 is 2.03 bits per heavy atom. The first-order chi connectivity index (χ1) is 14.0. The number of carbonyl (C=O) groups excluding carboxylic acids is 1. The quantitative estimate of drug-likeness (QED) is 0.642. The third-order valence-corrected chi connectivity index (χ3v) is 6.50. The van der Waals surface area contributed by atoms with Gasteiger partial charge in [0.1, 0.15) is 5.82 Å². The minimum Gasteiger partial charge on any atom is -0.346 e. The summed E-state index contributed by atoms with van der Waals surface area (Å²) in [6, 6.07) is 7.88. The van der Waals surface area contributed by atoms with Gasteiger partial charge < -0.3 is 10.3 Å². The zero-order valence-electron chi connectivity index (χ0n) is 17.3. The van der Waals surface area contributed by atoms with Gasteiger partial charge in [0.05, 0.1) is 27.8 Å². The summed E-state index contributed by atoms with van der Waals surface area (Å²) in [7, 11) is 0. The molecule has 0 spiro atoms. The molecule has 0 bridgehead atoms. The number of thiazole rings is 1. The number of hydrogen-bond donors (Lipinski definition) is 2. The molecule has 1 amide bonds. The summed E-state index contributed by atoms with van der Waals surface area (Å²) in [5, 5.41) is 6.51. The molecule has 1 aliphatic rings. The average molecular weight is 412 g/mol. The van der Waals surface area contributed by atoms with Crippen LogP contribution in [-0.4, -0.2) is 38.8 Å². The molecule has 1 fully saturated rings. The van der Waals surface area contributed by atoms with Crippen LogP contribution in [-0.2, 0) is 11.3 Å². The van der Waals surface area contributed by atoms with Gasteiger partial charge in [0.25, 0.3) is 0 Å². The number of nitrogens with zero attached hydrogens (tertiary/aromatic N) is 3. The zero-order chi connectivity index (χ0) is 20.4. The van der Waals surface area contributed by atoms with E-state index in [0.29, 0.717) is 0 Å². The number of H-pyrrole nitrogens is 1. The average Bonchev–Trinajstić information content (AvgIpc) is 3.32. The second-order valence-corrected chi connectivity index (χ2v) is 9.34. The van der Waals surface area contributed by atoms with Gasteiger partial charge in [-0.25, -0.2) is 9.97 Å². The molecule has 29 heavy (non-hydrogen) atoms. The summed E-state index contributed by atoms with van der Waals surface area (Å²) in [4.78, 5) is 28.0. The van der Waals surface area contributed by atoms with Gasteiger partial charge in [0, 0.05) is 17.8 Å². The first kappa shape index (κ1) is 20.0. The maximum atomic E-state index is 13.0. The Bertz CT molecular complexity index is 937. The Morgan fingerprint density at radius 3 is 2.69 bits per heavy atom. The highest BCUT2D eigenvalue weighted by atomic mass is 32.1. The van der Waals surface area contributed by atoms with Crippen LogP contribution in [0.1, 0.15) is 49.3 Å². The van der Waals surface area contributed by atoms with E-state index in [1.54, 1.807) is 11.3 Å². The van der Waals surface area contributed by atoms with Crippen molar-refractivity contribution in [2.45, 2.75) is 46.2 Å². The van der Waals surface area contributed by atoms with Crippen molar-refractivity contribution in [2.75, 3.05) is 13.1 Å². The highest BCUT2D eigenvalue weighted by molar-refractivity contribution is 7.09. The van der Waals surface area contributed by atoms with Crippen molar-refractivity contribution < 1.29 is 4.79 Å². The van der Waals surface area contributed by atoms with E-state index in [-0.39, 0.29) is 23.8 Å². The number of carbonyl (C=O) groups is 1. The van der Waals surface area contributed by atoms with Crippen molar-refractivity contribution >= 4 is 28.3 Å². The van der Waals surface area contributed by atoms with E-state index in [1.807, 2.05) is 31.2 Å². The smallest absolute Gasteiger partial charge is 0.223 e. The van der Waals surface area contributed by atoms with E-state index in [0.717, 1.165) is 60.0 Å². The highest BCUT2D eigenvalue weighted by Crippen LogP contribution is 2.25. The molecule has 1 atom stereocenters. The van der Waals surface area contributed by atoms with Gasteiger partial charge in [-0.3, -0.25) is 9.69 Å². The second kappa shape index (κ2) is 8.63. The molecule has 1 aromatic carbocycles. The number of para-hydroxylation sites is 2. The number of nitrogens with one attached hydrogen (secondary N) is 2. The van der Waals surface area contributed by atoms with E-state index in [9.17, 15) is 4.79 Å². The normalized spacial score (nSPS) is 17.1. The van der Waals surface area contributed by atoms with E-state index in [4.69, 9.17) is 4.98 Å². The Labute approximate surface area is 175 Å². The SMILES string of the molecule is Cc1nc(CN2CCC(C(=O)NC(c3nc4ccccc4[nH]3)C(C)C)CC2)cs1. The minimum atomic E-state index is -0.106. The molecule has 2 aromatic heterocycles. The molecule has 4 rings (SSSR count). The summed E-state index contributed by atoms with van der Waals surface area (Å²) < 4.78 is 0. The first-order valence-corrected chi connectivity index (χ1v) is 11.3. The number of fused-ring (bicyclic) bond motifs is 1. The van der Waals surface area contributed by atoms with Crippen LogP contribution in [0.25, 0.3) is 11.0 Å². The van der Waals surface area contributed by atoms with Crippen LogP contribution >= 0.6 is 11.3 Å². The van der Waals surface area contributed by atoms with Crippen molar-refractivity contribution in [3.8, 4) is 0 Å². The fraction of sp³-hybridized carbons (Fsp3) is 0.500. The lowest BCUT2D eigenvalue weighted by atomic mass is 9.94. The molecule has 6 nitrogen and oxygen atoms in total. The standard InChI is InChI=1S/C22H29N5OS/c1-14(2)20(21-24-18-6-4-5-7-19(18)25-21)26-22(28)16-8-10-27(11-9-16)12-17-13-29-15(3)23-17/h4-7,13-14,16,20H,8-12H2,1-3H3,(H,24,25)(H,26,28). The summed E-state index contributed by atoms with van der Waals surface area (Å²) in [6.07, 6.45) is 1.78. The summed E-state index contributed by atoms with van der Waals surface area (Å²) in [5.41, 5.74) is 3.08. The number of likely N-dealkylation sites (tertiary alicyclic amines) is 1. The molecule has 3 aromatic rings. The summed E-state index contributed by atoms with van der Waals surface area (Å²) in [5.74, 6) is 1.31. The number of hydrogen-bond acceptors (Lipinski definition) is 5. The monoisotopic (exact) mass is 411 g/mol. The third kappa shape index (κ3) is 4.67. The maximum Gasteiger partial charge on any atom is 0.223 e. The number of aromatic amines is 1. The van der Waals surface area contributed by atoms with Crippen LogP contribution in [0.3, 0.4) is 0 Å². The number of imidazole rings is 1. The predicted octanol–water partition coefficient (Wildman–Crippen LogP) is 4.05. The van der Waals surface area contributed by atoms with Crippen LogP contribution in [0.2, 0.25) is 0 Å². The van der Waals surface area contributed by atoms with Crippen LogP contribution < -0.4 is 5.32 Å². The van der Waals surface area contributed by atoms with Crippen LogP contribution in [0.4, 0.5) is 0 Å². The number of amides is 1. The fourth-order valence-electron chi connectivity index (χ4n) is 4.00. The summed E-state index contributed by atoms with van der Waals surface area (Å²) >= 11 is 1.70. The first-order valence-electron chi connectivity index (χ1n) is 10.4. The topological polar surface area (TPSA) is 73.9 Å². The summed E-state index contributed by atoms with van der Waals surface area (Å²) in [6.45, 7) is 9.04. The molecule has 3 heterocycles. The van der Waals surface area contributed by atoms with Crippen molar-refractivity contribution in [3.05, 3.63) is 46.2 Å². The number of benzene rings is 1. The Hall–Kier alpha value is -2.25. The van der Waals surface area contributed by atoms with Crippen LogP contribution in [0.5, 0.6) is 0 Å². The number of rotatable bonds is 6. The number of aryl methyl sites for hydroxylation is 1. The Balaban J connectivity index is 1.36. The van der Waals surface area contributed by atoms with Crippen LogP contribution in [0.15, 0.2) is 29.6 Å². The lowest BCUT2D eigenvalue weighted by Gasteiger charge is -2.32. The van der Waals surface area contributed by atoms with Gasteiger partial charge in [-0.15, -0.1) is 11.3 Å². The lowest BCUT2D eigenvalue weighted by Crippen LogP contribution is -2.42. The molecule has 1 unspecified atom stereocenters. The molecule has 1 aliphatic heterocycles. The number of piperidine rings is 1. The van der Waals surface area contributed by atoms with Crippen LogP contribution in [0, 0.1) is 18.8 Å². The van der Waals surface area contributed by atoms with E-state index >= 15 is 0 Å². The Morgan fingerprint density at radius 1 is 1.28 bits per heavy atom. The molecule has 154 valence electrons. The van der Waals surface area contributed by atoms with Crippen molar-refractivity contribution in [1.29, 1.82) is 0 Å². The van der Waals surface area contributed by atoms with Crippen molar-refractivity contribution in [3.63, 3.8) is 0 Å². The highest BCUT2D eigenvalue weighted by Gasteiger charge is 2.29. The van der Waals surface area contributed by atoms with Gasteiger partial charge in [0.2, 0.25) is 5.91 Å². The number of aromatic nitrogens is 3. The molecule has 1 saturated heterocycles. The van der Waals surface area contributed by atoms with Gasteiger partial charge in [0.15, 0.2) is 0 Å². The molecule has 2 N–H and O–H groups in total. The fourth-order valence-corrected chi connectivity index (χ4v) is 4.61. The molecule has 0 radical (unpaired) electrons. The van der Waals surface area contributed by atoms with Gasteiger partial charge in [-0.05, 0) is 50.9 Å². The van der Waals surface area contributed by atoms with Gasteiger partial charge in [-0.1, -0.05) is 26.0 Å². The maximum absolute atomic E-state index is 13.0. The largest absolute Gasteiger partial charge is 0.346 e. The minimum absolute atomic E-state index is 0.0639. The lowest BCUT2D eigenvalue weighted by molar-refractivity contribution is -0.127. The molecular formula is C22H29N5OS. The van der Waals surface area contributed by atoms with E-state index < -0.39 is 0 Å². The molecule has 0 saturated carbocycles. The molecule has 0 aliphatic carbocycles. The van der Waals surface area contributed by atoms with Crippen molar-refractivity contribution in [2.24, 2.45) is 11.8 Å². The van der Waals surface area contributed by atoms with E-state index in [2.05, 4.69) is 39.4 Å².